The Morgan fingerprint density at radius 1 is 0.450 bits per heavy atom. The SMILES string of the molecule is CC(=O)CC[C@H](CC(=O)COCCOCCCC(=O)COCCOCCNC(=O)CC[C@H](CC(=O)CCCCCCCCCCCCCCCCC(=O)O)C(=O)O)C(C)=O. The fourth-order valence-corrected chi connectivity index (χ4v) is 6.48. The second kappa shape index (κ2) is 39.7. The summed E-state index contributed by atoms with van der Waals surface area (Å²) in [5, 5.41) is 20.9. The van der Waals surface area contributed by atoms with Gasteiger partial charge in [0.1, 0.15) is 30.6 Å². The molecular formula is C45H77NO14. The quantitative estimate of drug-likeness (QED) is 0.0535. The highest BCUT2D eigenvalue weighted by atomic mass is 16.5. The number of hydrogen-bond donors (Lipinski definition) is 3. The van der Waals surface area contributed by atoms with Crippen LogP contribution in [0, 0.1) is 11.8 Å². The van der Waals surface area contributed by atoms with E-state index in [9.17, 15) is 43.5 Å². The number of carbonyl (C=O) groups is 8. The number of Topliss-reactive ketones (excluding diaryl/α,β-unsaturated/α-hetero) is 5. The fraction of sp³-hybridized carbons (Fsp3) is 0.822. The van der Waals surface area contributed by atoms with Crippen molar-refractivity contribution in [2.24, 2.45) is 11.8 Å². The first-order valence-electron chi connectivity index (χ1n) is 22.4. The normalized spacial score (nSPS) is 12.2. The number of aliphatic carboxylic acids is 2. The molecule has 0 unspecified atom stereocenters. The summed E-state index contributed by atoms with van der Waals surface area (Å²) in [5.74, 6) is -3.97. The number of carboxylic acid groups (broad SMARTS) is 2. The third-order valence-electron chi connectivity index (χ3n) is 10.1. The average molecular weight is 856 g/mol. The van der Waals surface area contributed by atoms with E-state index in [-0.39, 0.29) is 133 Å². The minimum atomic E-state index is -1.07. The second-order valence-electron chi connectivity index (χ2n) is 15.8. The molecule has 0 fully saturated rings. The minimum Gasteiger partial charge on any atom is -0.481 e. The molecule has 0 heterocycles. The van der Waals surface area contributed by atoms with E-state index in [1.165, 1.54) is 58.8 Å². The van der Waals surface area contributed by atoms with Crippen molar-refractivity contribution in [2.45, 2.75) is 168 Å². The first kappa shape index (κ1) is 56.6. The van der Waals surface area contributed by atoms with Crippen molar-refractivity contribution in [3.63, 3.8) is 0 Å². The summed E-state index contributed by atoms with van der Waals surface area (Å²) in [6, 6.07) is 0. The molecule has 60 heavy (non-hydrogen) atoms. The maximum absolute atomic E-state index is 12.4. The Morgan fingerprint density at radius 3 is 1.42 bits per heavy atom. The molecule has 346 valence electrons. The van der Waals surface area contributed by atoms with Crippen molar-refractivity contribution < 1.29 is 67.5 Å². The number of ketones is 5. The van der Waals surface area contributed by atoms with Crippen molar-refractivity contribution in [3.05, 3.63) is 0 Å². The summed E-state index contributed by atoms with van der Waals surface area (Å²) >= 11 is 0. The highest BCUT2D eigenvalue weighted by Crippen LogP contribution is 2.17. The molecule has 0 saturated carbocycles. The van der Waals surface area contributed by atoms with Gasteiger partial charge in [-0.05, 0) is 46.0 Å². The molecule has 0 aliphatic heterocycles. The molecule has 0 aromatic rings. The fourth-order valence-electron chi connectivity index (χ4n) is 6.48. The Labute approximate surface area is 358 Å². The zero-order chi connectivity index (χ0) is 44.6. The summed E-state index contributed by atoms with van der Waals surface area (Å²) in [6.45, 7) is 4.36. The average Bonchev–Trinajstić information content (AvgIpc) is 3.19. The van der Waals surface area contributed by atoms with Gasteiger partial charge in [-0.2, -0.15) is 0 Å². The number of hydrogen-bond acceptors (Lipinski definition) is 12. The van der Waals surface area contributed by atoms with Crippen LogP contribution in [0.3, 0.4) is 0 Å². The molecule has 0 aromatic carbocycles. The van der Waals surface area contributed by atoms with Gasteiger partial charge >= 0.3 is 11.9 Å². The number of rotatable bonds is 46. The van der Waals surface area contributed by atoms with Crippen LogP contribution in [-0.4, -0.2) is 116 Å². The lowest BCUT2D eigenvalue weighted by Gasteiger charge is -2.12. The lowest BCUT2D eigenvalue weighted by atomic mass is 9.93. The number of unbranched alkanes of at least 4 members (excludes halogenated alkanes) is 13. The van der Waals surface area contributed by atoms with Gasteiger partial charge < -0.3 is 39.3 Å². The molecule has 0 aromatic heterocycles. The number of carbonyl (C=O) groups excluding carboxylic acids is 6. The topological polar surface area (TPSA) is 226 Å². The smallest absolute Gasteiger partial charge is 0.306 e. The van der Waals surface area contributed by atoms with E-state index in [2.05, 4.69) is 5.32 Å². The molecule has 15 heteroatoms. The van der Waals surface area contributed by atoms with E-state index < -0.39 is 23.8 Å². The number of ether oxygens (including phenoxy) is 4. The van der Waals surface area contributed by atoms with Crippen LogP contribution in [-0.2, 0) is 57.3 Å². The Kier molecular flexibility index (Phi) is 37.5. The van der Waals surface area contributed by atoms with Crippen molar-refractivity contribution in [1.82, 2.24) is 5.32 Å². The zero-order valence-electron chi connectivity index (χ0n) is 36.8. The van der Waals surface area contributed by atoms with Crippen molar-refractivity contribution in [1.29, 1.82) is 0 Å². The maximum Gasteiger partial charge on any atom is 0.306 e. The van der Waals surface area contributed by atoms with Crippen molar-refractivity contribution in [2.75, 3.05) is 59.4 Å². The van der Waals surface area contributed by atoms with E-state index in [1.54, 1.807) is 0 Å². The van der Waals surface area contributed by atoms with Crippen molar-refractivity contribution in [3.8, 4) is 0 Å². The van der Waals surface area contributed by atoms with Gasteiger partial charge in [-0.3, -0.25) is 33.6 Å². The van der Waals surface area contributed by atoms with Crippen LogP contribution in [0.1, 0.15) is 168 Å². The minimum absolute atomic E-state index is 0.00178. The number of carboxylic acids is 2. The first-order valence-corrected chi connectivity index (χ1v) is 22.4. The van der Waals surface area contributed by atoms with Crippen LogP contribution in [0.15, 0.2) is 0 Å². The van der Waals surface area contributed by atoms with Crippen molar-refractivity contribution >= 4 is 46.8 Å². The summed E-state index contributed by atoms with van der Waals surface area (Å²) < 4.78 is 21.5. The van der Waals surface area contributed by atoms with Gasteiger partial charge in [0.15, 0.2) is 11.6 Å². The molecule has 0 spiro atoms. The lowest BCUT2D eigenvalue weighted by Crippen LogP contribution is -2.29. The van der Waals surface area contributed by atoms with Gasteiger partial charge in [0.2, 0.25) is 5.91 Å². The molecule has 0 radical (unpaired) electrons. The Balaban J connectivity index is 3.72. The van der Waals surface area contributed by atoms with E-state index in [4.69, 9.17) is 24.1 Å². The Hall–Kier alpha value is -3.40. The summed E-state index contributed by atoms with van der Waals surface area (Å²) in [6.07, 6.45) is 17.4. The van der Waals surface area contributed by atoms with E-state index >= 15 is 0 Å². The van der Waals surface area contributed by atoms with Crippen LogP contribution in [0.25, 0.3) is 0 Å². The van der Waals surface area contributed by atoms with Crippen LogP contribution >= 0.6 is 0 Å². The standard InChI is InChI=1S/C45H77NO14/c1-36(47)21-22-38(37(2)48)32-42(51)35-60-30-28-57-26-17-19-41(50)34-59-31-29-58-27-25-46-43(52)24-23-39(45(55)56)33-40(49)18-15-13-11-9-7-5-3-4-6-8-10-12-14-16-20-44(53)54/h38-39H,3-35H2,1-2H3,(H,46,52)(H,53,54)(H,55,56)/t38-,39-/m1/s1. The predicted octanol–water partition coefficient (Wildman–Crippen LogP) is 6.82. The lowest BCUT2D eigenvalue weighted by molar-refractivity contribution is -0.144. The summed E-state index contributed by atoms with van der Waals surface area (Å²) in [4.78, 5) is 93.8. The molecule has 2 atom stereocenters. The summed E-state index contributed by atoms with van der Waals surface area (Å²) in [5.41, 5.74) is 0. The van der Waals surface area contributed by atoms with Crippen LogP contribution < -0.4 is 5.32 Å². The van der Waals surface area contributed by atoms with Gasteiger partial charge in [-0.25, -0.2) is 0 Å². The predicted molar refractivity (Wildman–Crippen MR) is 226 cm³/mol. The largest absolute Gasteiger partial charge is 0.481 e. The first-order chi connectivity index (χ1) is 28.8. The van der Waals surface area contributed by atoms with Gasteiger partial charge in [0, 0.05) is 64.0 Å². The molecule has 0 bridgehead atoms. The molecule has 3 N–H and O–H groups in total. The zero-order valence-corrected chi connectivity index (χ0v) is 36.8. The van der Waals surface area contributed by atoms with Gasteiger partial charge in [-0.1, -0.05) is 77.0 Å². The number of amides is 1. The molecule has 1 amide bonds. The third-order valence-corrected chi connectivity index (χ3v) is 10.1. The third kappa shape index (κ3) is 38.8. The van der Waals surface area contributed by atoms with Crippen LogP contribution in [0.5, 0.6) is 0 Å². The van der Waals surface area contributed by atoms with Gasteiger partial charge in [0.05, 0.1) is 39.0 Å². The summed E-state index contributed by atoms with van der Waals surface area (Å²) in [7, 11) is 0. The molecular weight excluding hydrogens is 778 g/mol. The molecule has 0 saturated heterocycles. The Morgan fingerprint density at radius 2 is 0.900 bits per heavy atom. The highest BCUT2D eigenvalue weighted by molar-refractivity contribution is 5.88. The molecule has 0 aliphatic rings. The Bertz CT molecular complexity index is 1220. The number of nitrogens with one attached hydrogen (secondary N) is 1. The molecule has 15 nitrogen and oxygen atoms in total. The van der Waals surface area contributed by atoms with Crippen LogP contribution in [0.2, 0.25) is 0 Å². The molecule has 0 aliphatic carbocycles. The highest BCUT2D eigenvalue weighted by Gasteiger charge is 2.22. The maximum atomic E-state index is 12.4. The van der Waals surface area contributed by atoms with E-state index in [0.29, 0.717) is 25.9 Å². The van der Waals surface area contributed by atoms with Gasteiger partial charge in [0.25, 0.3) is 0 Å². The van der Waals surface area contributed by atoms with E-state index in [1.807, 2.05) is 0 Å². The van der Waals surface area contributed by atoms with E-state index in [0.717, 1.165) is 44.9 Å². The monoisotopic (exact) mass is 856 g/mol. The molecule has 0 rings (SSSR count). The van der Waals surface area contributed by atoms with Crippen LogP contribution in [0.4, 0.5) is 0 Å². The second-order valence-corrected chi connectivity index (χ2v) is 15.8. The van der Waals surface area contributed by atoms with Gasteiger partial charge in [-0.15, -0.1) is 0 Å².